The number of aliphatic imine (C=N–C) groups is 1. The third-order valence-corrected chi connectivity index (χ3v) is 4.44. The van der Waals surface area contributed by atoms with E-state index < -0.39 is 0 Å². The van der Waals surface area contributed by atoms with Crippen molar-refractivity contribution < 1.29 is 4.79 Å². The summed E-state index contributed by atoms with van der Waals surface area (Å²) < 4.78 is 0. The number of amides is 1. The van der Waals surface area contributed by atoms with Crippen LogP contribution in [0, 0.1) is 13.8 Å². The van der Waals surface area contributed by atoms with Crippen LogP contribution in [0.1, 0.15) is 18.1 Å². The van der Waals surface area contributed by atoms with Crippen LogP contribution in [0.25, 0.3) is 0 Å². The maximum atomic E-state index is 12.2. The van der Waals surface area contributed by atoms with E-state index in [0.29, 0.717) is 5.17 Å². The standard InChI is InChI=1S/C15H20N4OS/c1-9-7-6-8-10(2)12(9)16-15-18-17-11(3)13(21-15)14(20)19(4)5/h6-8,13H,1-5H3,(H,16,18). The van der Waals surface area contributed by atoms with Gasteiger partial charge in [0.05, 0.1) is 11.4 Å². The number of hydrogen-bond acceptors (Lipinski definition) is 4. The molecule has 1 unspecified atom stereocenters. The van der Waals surface area contributed by atoms with Crippen molar-refractivity contribution in [1.82, 2.24) is 10.3 Å². The molecule has 5 nitrogen and oxygen atoms in total. The molecule has 0 bridgehead atoms. The minimum atomic E-state index is -0.315. The predicted molar refractivity (Wildman–Crippen MR) is 89.3 cm³/mol. The zero-order valence-corrected chi connectivity index (χ0v) is 13.8. The lowest BCUT2D eigenvalue weighted by Gasteiger charge is -2.24. The van der Waals surface area contributed by atoms with Gasteiger partial charge in [-0.05, 0) is 31.9 Å². The number of amidine groups is 1. The van der Waals surface area contributed by atoms with E-state index >= 15 is 0 Å². The van der Waals surface area contributed by atoms with Crippen LogP contribution in [0.3, 0.4) is 0 Å². The van der Waals surface area contributed by atoms with Gasteiger partial charge in [0, 0.05) is 14.1 Å². The molecule has 21 heavy (non-hydrogen) atoms. The zero-order chi connectivity index (χ0) is 15.6. The minimum Gasteiger partial charge on any atom is -0.348 e. The number of carbonyl (C=O) groups excluding carboxylic acids is 1. The number of nitrogens with zero attached hydrogens (tertiary/aromatic N) is 3. The van der Waals surface area contributed by atoms with Crippen LogP contribution in [0.5, 0.6) is 0 Å². The molecule has 1 amide bonds. The molecule has 1 aliphatic heterocycles. The number of hydrazone groups is 1. The Morgan fingerprint density at radius 3 is 2.48 bits per heavy atom. The quantitative estimate of drug-likeness (QED) is 0.913. The van der Waals surface area contributed by atoms with E-state index in [2.05, 4.69) is 15.5 Å². The molecule has 1 aromatic carbocycles. The van der Waals surface area contributed by atoms with Crippen molar-refractivity contribution in [1.29, 1.82) is 0 Å². The average Bonchev–Trinajstić information content (AvgIpc) is 2.44. The molecule has 0 saturated heterocycles. The monoisotopic (exact) mass is 304 g/mol. The van der Waals surface area contributed by atoms with Crippen LogP contribution in [0.2, 0.25) is 0 Å². The molecule has 0 saturated carbocycles. The minimum absolute atomic E-state index is 0.0250. The normalized spacial score (nSPS) is 20.0. The van der Waals surface area contributed by atoms with Crippen molar-refractivity contribution in [3.63, 3.8) is 0 Å². The van der Waals surface area contributed by atoms with Gasteiger partial charge in [0.2, 0.25) is 5.91 Å². The highest BCUT2D eigenvalue weighted by Gasteiger charge is 2.29. The number of hydrogen-bond donors (Lipinski definition) is 1. The Labute approximate surface area is 129 Å². The van der Waals surface area contributed by atoms with Gasteiger partial charge in [-0.2, -0.15) is 5.10 Å². The third kappa shape index (κ3) is 3.44. The summed E-state index contributed by atoms with van der Waals surface area (Å²) in [6.07, 6.45) is 0. The first kappa shape index (κ1) is 15.6. The summed E-state index contributed by atoms with van der Waals surface area (Å²) in [6, 6.07) is 6.06. The fourth-order valence-electron chi connectivity index (χ4n) is 2.02. The van der Waals surface area contributed by atoms with E-state index in [1.54, 1.807) is 19.0 Å². The van der Waals surface area contributed by atoms with E-state index in [4.69, 9.17) is 0 Å². The first-order valence-electron chi connectivity index (χ1n) is 6.73. The number of para-hydroxylation sites is 1. The Morgan fingerprint density at radius 2 is 1.90 bits per heavy atom. The maximum absolute atomic E-state index is 12.2. The lowest BCUT2D eigenvalue weighted by atomic mass is 10.1. The van der Waals surface area contributed by atoms with E-state index in [-0.39, 0.29) is 11.2 Å². The van der Waals surface area contributed by atoms with E-state index in [1.165, 1.54) is 11.8 Å². The Hall–Kier alpha value is -1.82. The summed E-state index contributed by atoms with van der Waals surface area (Å²) in [5.74, 6) is 0.0250. The van der Waals surface area contributed by atoms with Crippen LogP contribution in [-0.2, 0) is 4.79 Å². The summed E-state index contributed by atoms with van der Waals surface area (Å²) >= 11 is 1.41. The Bertz CT molecular complexity index is 602. The molecule has 1 heterocycles. The second-order valence-electron chi connectivity index (χ2n) is 5.25. The molecule has 1 aliphatic rings. The van der Waals surface area contributed by atoms with Crippen molar-refractivity contribution in [3.05, 3.63) is 29.3 Å². The summed E-state index contributed by atoms with van der Waals surface area (Å²) in [5, 5.41) is 4.55. The van der Waals surface area contributed by atoms with Crippen molar-refractivity contribution in [2.45, 2.75) is 26.0 Å². The van der Waals surface area contributed by atoms with Gasteiger partial charge in [0.15, 0.2) is 5.17 Å². The molecule has 2 rings (SSSR count). The fraction of sp³-hybridized carbons (Fsp3) is 0.400. The highest BCUT2D eigenvalue weighted by atomic mass is 32.2. The topological polar surface area (TPSA) is 57.1 Å². The molecule has 0 radical (unpaired) electrons. The van der Waals surface area contributed by atoms with E-state index in [1.807, 2.05) is 39.0 Å². The van der Waals surface area contributed by atoms with Crippen LogP contribution >= 0.6 is 11.8 Å². The molecule has 0 aliphatic carbocycles. The Kier molecular flexibility index (Phi) is 4.67. The number of nitrogens with one attached hydrogen (secondary N) is 1. The molecule has 1 atom stereocenters. The SMILES string of the molecule is CC1=NNC(=Nc2c(C)cccc2C)SC1C(=O)N(C)C. The number of aryl methyl sites for hydroxylation is 2. The molecule has 0 spiro atoms. The first-order chi connectivity index (χ1) is 9.90. The molecular weight excluding hydrogens is 284 g/mol. The highest BCUT2D eigenvalue weighted by molar-refractivity contribution is 8.15. The van der Waals surface area contributed by atoms with Gasteiger partial charge in [-0.25, -0.2) is 4.99 Å². The maximum Gasteiger partial charge on any atom is 0.241 e. The van der Waals surface area contributed by atoms with E-state index in [9.17, 15) is 4.79 Å². The summed E-state index contributed by atoms with van der Waals surface area (Å²) in [4.78, 5) is 18.4. The Balaban J connectivity index is 2.31. The first-order valence-corrected chi connectivity index (χ1v) is 7.61. The van der Waals surface area contributed by atoms with Crippen molar-refractivity contribution in [2.24, 2.45) is 10.1 Å². The lowest BCUT2D eigenvalue weighted by molar-refractivity contribution is -0.126. The number of carbonyl (C=O) groups is 1. The molecule has 1 aromatic rings. The van der Waals surface area contributed by atoms with Gasteiger partial charge >= 0.3 is 0 Å². The van der Waals surface area contributed by atoms with Gasteiger partial charge in [0.25, 0.3) is 0 Å². The van der Waals surface area contributed by atoms with Crippen LogP contribution in [0.15, 0.2) is 28.3 Å². The van der Waals surface area contributed by atoms with E-state index in [0.717, 1.165) is 22.5 Å². The number of benzene rings is 1. The molecule has 0 fully saturated rings. The summed E-state index contributed by atoms with van der Waals surface area (Å²) in [7, 11) is 3.50. The largest absolute Gasteiger partial charge is 0.348 e. The van der Waals surface area contributed by atoms with Crippen molar-refractivity contribution in [2.75, 3.05) is 14.1 Å². The van der Waals surface area contributed by atoms with Gasteiger partial charge in [-0.1, -0.05) is 30.0 Å². The third-order valence-electron chi connectivity index (χ3n) is 3.25. The second kappa shape index (κ2) is 6.30. The molecule has 1 N–H and O–H groups in total. The fourth-order valence-corrected chi connectivity index (χ4v) is 3.02. The van der Waals surface area contributed by atoms with Crippen LogP contribution in [-0.4, -0.2) is 41.0 Å². The molecular formula is C15H20N4OS. The average molecular weight is 304 g/mol. The zero-order valence-electron chi connectivity index (χ0n) is 13.0. The molecule has 6 heteroatoms. The summed E-state index contributed by atoms with van der Waals surface area (Å²) in [5.41, 5.74) is 6.82. The Morgan fingerprint density at radius 1 is 1.29 bits per heavy atom. The van der Waals surface area contributed by atoms with Gasteiger partial charge in [0.1, 0.15) is 5.25 Å². The van der Waals surface area contributed by atoms with Gasteiger partial charge in [-0.3, -0.25) is 10.2 Å². The molecule has 0 aromatic heterocycles. The van der Waals surface area contributed by atoms with Gasteiger partial charge < -0.3 is 4.90 Å². The predicted octanol–water partition coefficient (Wildman–Crippen LogP) is 2.46. The van der Waals surface area contributed by atoms with Crippen LogP contribution in [0.4, 0.5) is 5.69 Å². The van der Waals surface area contributed by atoms with Crippen molar-refractivity contribution >= 4 is 34.2 Å². The lowest BCUT2D eigenvalue weighted by Crippen LogP contribution is -2.41. The molecule has 112 valence electrons. The van der Waals surface area contributed by atoms with Crippen LogP contribution < -0.4 is 5.43 Å². The highest BCUT2D eigenvalue weighted by Crippen LogP contribution is 2.27. The van der Waals surface area contributed by atoms with Gasteiger partial charge in [-0.15, -0.1) is 0 Å². The smallest absolute Gasteiger partial charge is 0.241 e. The second-order valence-corrected chi connectivity index (χ2v) is 6.35. The number of rotatable bonds is 2. The van der Waals surface area contributed by atoms with Crippen molar-refractivity contribution in [3.8, 4) is 0 Å². The summed E-state index contributed by atoms with van der Waals surface area (Å²) in [6.45, 7) is 5.90. The number of thioether (sulfide) groups is 1.